The maximum absolute atomic E-state index is 12.7. The maximum Gasteiger partial charge on any atom is 0.250 e. The average Bonchev–Trinajstić information content (AvgIpc) is 2.45. The number of hydrogen-bond donors (Lipinski definition) is 1. The van der Waals surface area contributed by atoms with Crippen molar-refractivity contribution in [2.75, 3.05) is 4.90 Å². The minimum Gasteiger partial charge on any atom is -0.342 e. The van der Waals surface area contributed by atoms with Crippen LogP contribution in [0.1, 0.15) is 39.7 Å². The van der Waals surface area contributed by atoms with Gasteiger partial charge in [0.05, 0.1) is 0 Å². The molecule has 2 amide bonds. The Morgan fingerprint density at radius 2 is 1.81 bits per heavy atom. The third-order valence-electron chi connectivity index (χ3n) is 3.95. The van der Waals surface area contributed by atoms with Crippen molar-refractivity contribution in [1.82, 2.24) is 5.32 Å². The molecule has 2 unspecified atom stereocenters. The molecule has 4 heteroatoms. The summed E-state index contributed by atoms with van der Waals surface area (Å²) in [5.41, 5.74) is 2.02. The molecule has 1 fully saturated rings. The van der Waals surface area contributed by atoms with E-state index in [9.17, 15) is 9.59 Å². The molecule has 1 aliphatic rings. The first kappa shape index (κ1) is 15.5. The van der Waals surface area contributed by atoms with Crippen LogP contribution in [0, 0.1) is 5.92 Å². The molecular weight excluding hydrogens is 264 g/mol. The van der Waals surface area contributed by atoms with E-state index in [4.69, 9.17) is 0 Å². The zero-order valence-electron chi connectivity index (χ0n) is 13.2. The van der Waals surface area contributed by atoms with Gasteiger partial charge in [-0.3, -0.25) is 14.5 Å². The standard InChI is InChI=1S/C17H24N2O2/c1-5-13-6-8-14(9-7-13)19-12(4)16(20)18-15(17(19)21)10-11(2)3/h6-9,11-12,15H,5,10H2,1-4H3,(H,18,20). The maximum atomic E-state index is 12.7. The number of amides is 2. The van der Waals surface area contributed by atoms with E-state index in [0.717, 1.165) is 12.1 Å². The fraction of sp³-hybridized carbons (Fsp3) is 0.529. The second-order valence-electron chi connectivity index (χ2n) is 6.09. The molecule has 0 bridgehead atoms. The second kappa shape index (κ2) is 6.29. The van der Waals surface area contributed by atoms with Crippen LogP contribution in [0.25, 0.3) is 0 Å². The summed E-state index contributed by atoms with van der Waals surface area (Å²) < 4.78 is 0. The number of hydrogen-bond acceptors (Lipinski definition) is 2. The summed E-state index contributed by atoms with van der Waals surface area (Å²) in [6, 6.07) is 7.00. The number of carbonyl (C=O) groups excluding carboxylic acids is 2. The average molecular weight is 288 g/mol. The summed E-state index contributed by atoms with van der Waals surface area (Å²) in [7, 11) is 0. The minimum absolute atomic E-state index is 0.0138. The summed E-state index contributed by atoms with van der Waals surface area (Å²) >= 11 is 0. The van der Waals surface area contributed by atoms with Gasteiger partial charge in [-0.2, -0.15) is 0 Å². The topological polar surface area (TPSA) is 49.4 Å². The van der Waals surface area contributed by atoms with Crippen molar-refractivity contribution in [3.63, 3.8) is 0 Å². The van der Waals surface area contributed by atoms with Gasteiger partial charge in [0, 0.05) is 5.69 Å². The van der Waals surface area contributed by atoms with E-state index >= 15 is 0 Å². The third-order valence-corrected chi connectivity index (χ3v) is 3.95. The molecule has 114 valence electrons. The van der Waals surface area contributed by atoms with E-state index in [1.165, 1.54) is 5.56 Å². The lowest BCUT2D eigenvalue weighted by Gasteiger charge is -2.38. The third kappa shape index (κ3) is 3.26. The predicted octanol–water partition coefficient (Wildman–Crippen LogP) is 2.52. The first-order valence-corrected chi connectivity index (χ1v) is 7.66. The number of piperazine rings is 1. The van der Waals surface area contributed by atoms with Crippen molar-refractivity contribution < 1.29 is 9.59 Å². The van der Waals surface area contributed by atoms with Crippen LogP contribution in [0.15, 0.2) is 24.3 Å². The van der Waals surface area contributed by atoms with Crippen molar-refractivity contribution in [1.29, 1.82) is 0 Å². The smallest absolute Gasteiger partial charge is 0.250 e. The molecule has 0 spiro atoms. The largest absolute Gasteiger partial charge is 0.342 e. The minimum atomic E-state index is -0.464. The van der Waals surface area contributed by atoms with Crippen LogP contribution in [0.3, 0.4) is 0 Å². The highest BCUT2D eigenvalue weighted by Gasteiger charge is 2.38. The molecule has 0 radical (unpaired) electrons. The molecule has 1 aromatic carbocycles. The lowest BCUT2D eigenvalue weighted by Crippen LogP contribution is -2.63. The Bertz CT molecular complexity index is 522. The van der Waals surface area contributed by atoms with E-state index in [1.807, 2.05) is 24.3 Å². The van der Waals surface area contributed by atoms with Crippen molar-refractivity contribution in [2.24, 2.45) is 5.92 Å². The summed E-state index contributed by atoms with van der Waals surface area (Å²) in [6.45, 7) is 7.97. The molecule has 1 heterocycles. The van der Waals surface area contributed by atoms with Crippen LogP contribution in [0.2, 0.25) is 0 Å². The molecule has 2 atom stereocenters. The number of nitrogens with zero attached hydrogens (tertiary/aromatic N) is 1. The summed E-state index contributed by atoms with van der Waals surface area (Å²) in [5, 5.41) is 2.84. The van der Waals surface area contributed by atoms with E-state index in [1.54, 1.807) is 11.8 Å². The fourth-order valence-electron chi connectivity index (χ4n) is 2.70. The highest BCUT2D eigenvalue weighted by molar-refractivity contribution is 6.08. The molecule has 4 nitrogen and oxygen atoms in total. The van der Waals surface area contributed by atoms with Crippen molar-refractivity contribution in [3.8, 4) is 0 Å². The molecular formula is C17H24N2O2. The summed E-state index contributed by atoms with van der Waals surface area (Å²) in [6.07, 6.45) is 1.63. The Morgan fingerprint density at radius 1 is 1.19 bits per heavy atom. The van der Waals surface area contributed by atoms with Gasteiger partial charge >= 0.3 is 0 Å². The SMILES string of the molecule is CCc1ccc(N2C(=O)C(CC(C)C)NC(=O)C2C)cc1. The zero-order chi connectivity index (χ0) is 15.6. The predicted molar refractivity (Wildman–Crippen MR) is 84.2 cm³/mol. The first-order valence-electron chi connectivity index (χ1n) is 7.66. The molecule has 2 rings (SSSR count). The number of benzene rings is 1. The van der Waals surface area contributed by atoms with Gasteiger partial charge in [0.15, 0.2) is 0 Å². The monoisotopic (exact) mass is 288 g/mol. The molecule has 21 heavy (non-hydrogen) atoms. The number of rotatable bonds is 4. The van der Waals surface area contributed by atoms with Crippen molar-refractivity contribution in [3.05, 3.63) is 29.8 Å². The Kier molecular flexibility index (Phi) is 4.66. The van der Waals surface area contributed by atoms with E-state index in [0.29, 0.717) is 12.3 Å². The number of anilines is 1. The molecule has 0 saturated carbocycles. The van der Waals surface area contributed by atoms with E-state index in [-0.39, 0.29) is 11.8 Å². The van der Waals surface area contributed by atoms with Gasteiger partial charge in [-0.05, 0) is 43.4 Å². The Balaban J connectivity index is 2.29. The zero-order valence-corrected chi connectivity index (χ0v) is 13.2. The van der Waals surface area contributed by atoms with Gasteiger partial charge < -0.3 is 5.32 Å². The van der Waals surface area contributed by atoms with Gasteiger partial charge in [0.2, 0.25) is 11.8 Å². The summed E-state index contributed by atoms with van der Waals surface area (Å²) in [5.74, 6) is 0.261. The van der Waals surface area contributed by atoms with Crippen molar-refractivity contribution >= 4 is 17.5 Å². The molecule has 0 aliphatic carbocycles. The van der Waals surface area contributed by atoms with E-state index < -0.39 is 12.1 Å². The molecule has 0 aromatic heterocycles. The van der Waals surface area contributed by atoms with Crippen LogP contribution in [0.5, 0.6) is 0 Å². The quantitative estimate of drug-likeness (QED) is 0.925. The molecule has 1 N–H and O–H groups in total. The Morgan fingerprint density at radius 3 is 2.33 bits per heavy atom. The van der Waals surface area contributed by atoms with Crippen LogP contribution >= 0.6 is 0 Å². The normalized spacial score (nSPS) is 22.6. The van der Waals surface area contributed by atoms with Gasteiger partial charge in [0.1, 0.15) is 12.1 Å². The first-order chi connectivity index (χ1) is 9.93. The van der Waals surface area contributed by atoms with Gasteiger partial charge in [-0.1, -0.05) is 32.9 Å². The van der Waals surface area contributed by atoms with Gasteiger partial charge in [-0.25, -0.2) is 0 Å². The number of carbonyl (C=O) groups is 2. The van der Waals surface area contributed by atoms with Gasteiger partial charge in [-0.15, -0.1) is 0 Å². The van der Waals surface area contributed by atoms with Crippen molar-refractivity contribution in [2.45, 2.75) is 52.6 Å². The molecule has 1 saturated heterocycles. The van der Waals surface area contributed by atoms with Crippen LogP contribution in [-0.4, -0.2) is 23.9 Å². The highest BCUT2D eigenvalue weighted by Crippen LogP contribution is 2.24. The lowest BCUT2D eigenvalue weighted by atomic mass is 9.98. The number of aryl methyl sites for hydroxylation is 1. The van der Waals surface area contributed by atoms with Gasteiger partial charge in [0.25, 0.3) is 0 Å². The van der Waals surface area contributed by atoms with Crippen LogP contribution < -0.4 is 10.2 Å². The fourth-order valence-corrected chi connectivity index (χ4v) is 2.70. The molecule has 1 aliphatic heterocycles. The van der Waals surface area contributed by atoms with Crippen LogP contribution in [-0.2, 0) is 16.0 Å². The highest BCUT2D eigenvalue weighted by atomic mass is 16.2. The Labute approximate surface area is 126 Å². The number of nitrogens with one attached hydrogen (secondary N) is 1. The second-order valence-corrected chi connectivity index (χ2v) is 6.09. The molecule has 1 aromatic rings. The Hall–Kier alpha value is -1.84. The van der Waals surface area contributed by atoms with E-state index in [2.05, 4.69) is 26.1 Å². The summed E-state index contributed by atoms with van der Waals surface area (Å²) in [4.78, 5) is 26.4. The van der Waals surface area contributed by atoms with Crippen LogP contribution in [0.4, 0.5) is 5.69 Å². The lowest BCUT2D eigenvalue weighted by molar-refractivity contribution is -0.133.